The second-order valence-corrected chi connectivity index (χ2v) is 6.09. The summed E-state index contributed by atoms with van der Waals surface area (Å²) in [7, 11) is 3.25. The average Bonchev–Trinajstić information content (AvgIpc) is 2.78. The van der Waals surface area contributed by atoms with Gasteiger partial charge >= 0.3 is 0 Å². The lowest BCUT2D eigenvalue weighted by Gasteiger charge is -2.07. The highest BCUT2D eigenvalue weighted by molar-refractivity contribution is 7.17. The first-order valence-electron chi connectivity index (χ1n) is 6.25. The molecular weight excluding hydrogens is 329 g/mol. The molecule has 0 radical (unpaired) electrons. The van der Waals surface area contributed by atoms with E-state index >= 15 is 0 Å². The molecule has 5 nitrogen and oxygen atoms in total. The predicted octanol–water partition coefficient (Wildman–Crippen LogP) is 3.20. The number of anilines is 1. The Bertz CT molecular complexity index is 725. The Balaban J connectivity index is 2.27. The third kappa shape index (κ3) is 3.26. The monoisotopic (exact) mass is 341 g/mol. The summed E-state index contributed by atoms with van der Waals surface area (Å²) < 4.78 is 13.7. The van der Waals surface area contributed by atoms with Crippen LogP contribution in [0.3, 0.4) is 0 Å². The van der Waals surface area contributed by atoms with Crippen molar-refractivity contribution in [3.63, 3.8) is 0 Å². The third-order valence-electron chi connectivity index (χ3n) is 2.81. The maximum Gasteiger partial charge on any atom is 0.265 e. The summed E-state index contributed by atoms with van der Waals surface area (Å²) in [6.07, 6.45) is 0. The Morgan fingerprint density at radius 1 is 1.36 bits per heavy atom. The van der Waals surface area contributed by atoms with Gasteiger partial charge in [0, 0.05) is 14.1 Å². The number of amides is 2. The van der Waals surface area contributed by atoms with Crippen LogP contribution in [-0.2, 0) is 0 Å². The van der Waals surface area contributed by atoms with Gasteiger partial charge in [0.05, 0.1) is 16.3 Å². The van der Waals surface area contributed by atoms with Gasteiger partial charge in [-0.05, 0) is 19.1 Å². The van der Waals surface area contributed by atoms with E-state index in [9.17, 15) is 14.0 Å². The molecule has 1 aromatic carbocycles. The van der Waals surface area contributed by atoms with Gasteiger partial charge in [-0.25, -0.2) is 9.37 Å². The van der Waals surface area contributed by atoms with Gasteiger partial charge in [-0.3, -0.25) is 14.9 Å². The smallest absolute Gasteiger partial charge is 0.265 e. The first-order valence-corrected chi connectivity index (χ1v) is 7.45. The fourth-order valence-corrected chi connectivity index (χ4v) is 2.96. The number of carbonyl (C=O) groups is 2. The van der Waals surface area contributed by atoms with E-state index in [4.69, 9.17) is 11.6 Å². The number of nitrogens with zero attached hydrogens (tertiary/aromatic N) is 2. The predicted molar refractivity (Wildman–Crippen MR) is 84.2 cm³/mol. The zero-order valence-electron chi connectivity index (χ0n) is 12.1. The number of hydrogen-bond donors (Lipinski definition) is 1. The normalized spacial score (nSPS) is 10.4. The maximum absolute atomic E-state index is 13.7. The SMILES string of the molecule is Cc1nc(NC(=O)c2c(F)cccc2Cl)sc1C(=O)N(C)C. The lowest BCUT2D eigenvalue weighted by Crippen LogP contribution is -2.21. The van der Waals surface area contributed by atoms with E-state index in [1.165, 1.54) is 17.0 Å². The molecule has 1 N–H and O–H groups in total. The molecule has 0 aliphatic rings. The highest BCUT2D eigenvalue weighted by Crippen LogP contribution is 2.26. The molecule has 2 aromatic rings. The van der Waals surface area contributed by atoms with Gasteiger partial charge < -0.3 is 4.90 Å². The summed E-state index contributed by atoms with van der Waals surface area (Å²) in [6.45, 7) is 1.67. The minimum Gasteiger partial charge on any atom is -0.344 e. The van der Waals surface area contributed by atoms with Crippen molar-refractivity contribution in [2.24, 2.45) is 0 Å². The Labute approximate surface area is 135 Å². The van der Waals surface area contributed by atoms with Gasteiger partial charge in [0.25, 0.3) is 11.8 Å². The number of halogens is 2. The van der Waals surface area contributed by atoms with Crippen LogP contribution in [0.2, 0.25) is 5.02 Å². The Hall–Kier alpha value is -1.99. The van der Waals surface area contributed by atoms with Crippen molar-refractivity contribution in [1.82, 2.24) is 9.88 Å². The first kappa shape index (κ1) is 16.4. The van der Waals surface area contributed by atoms with Crippen LogP contribution in [0, 0.1) is 12.7 Å². The Morgan fingerprint density at radius 2 is 2.05 bits per heavy atom. The largest absolute Gasteiger partial charge is 0.344 e. The lowest BCUT2D eigenvalue weighted by molar-refractivity contribution is 0.0831. The Kier molecular flexibility index (Phi) is 4.77. The summed E-state index contributed by atoms with van der Waals surface area (Å²) in [5, 5.41) is 2.69. The van der Waals surface area contributed by atoms with Gasteiger partial charge in [0.1, 0.15) is 10.7 Å². The van der Waals surface area contributed by atoms with Gasteiger partial charge in [0.2, 0.25) is 0 Å². The fourth-order valence-electron chi connectivity index (χ4n) is 1.73. The number of thiazole rings is 1. The van der Waals surface area contributed by atoms with E-state index in [1.54, 1.807) is 21.0 Å². The number of carbonyl (C=O) groups excluding carboxylic acids is 2. The second-order valence-electron chi connectivity index (χ2n) is 4.68. The number of rotatable bonds is 3. The van der Waals surface area contributed by atoms with Crippen LogP contribution in [0.1, 0.15) is 25.7 Å². The summed E-state index contributed by atoms with van der Waals surface area (Å²) in [4.78, 5) is 30.0. The molecule has 0 aliphatic carbocycles. The van der Waals surface area contributed by atoms with Crippen LogP contribution in [-0.4, -0.2) is 35.8 Å². The number of nitrogens with one attached hydrogen (secondary N) is 1. The van der Waals surface area contributed by atoms with Crippen molar-refractivity contribution in [1.29, 1.82) is 0 Å². The van der Waals surface area contributed by atoms with Crippen molar-refractivity contribution in [3.8, 4) is 0 Å². The number of benzene rings is 1. The van der Waals surface area contributed by atoms with E-state index < -0.39 is 11.7 Å². The fraction of sp³-hybridized carbons (Fsp3) is 0.214. The van der Waals surface area contributed by atoms with Crippen LogP contribution < -0.4 is 5.32 Å². The molecule has 2 rings (SSSR count). The highest BCUT2D eigenvalue weighted by Gasteiger charge is 2.20. The summed E-state index contributed by atoms with van der Waals surface area (Å²) >= 11 is 6.87. The number of aryl methyl sites for hydroxylation is 1. The highest BCUT2D eigenvalue weighted by atomic mass is 35.5. The van der Waals surface area contributed by atoms with Gasteiger partial charge in [-0.2, -0.15) is 0 Å². The van der Waals surface area contributed by atoms with E-state index in [1.807, 2.05) is 0 Å². The van der Waals surface area contributed by atoms with E-state index in [-0.39, 0.29) is 21.6 Å². The van der Waals surface area contributed by atoms with Crippen molar-refractivity contribution in [2.75, 3.05) is 19.4 Å². The van der Waals surface area contributed by atoms with Crippen LogP contribution in [0.4, 0.5) is 9.52 Å². The maximum atomic E-state index is 13.7. The minimum atomic E-state index is -0.720. The van der Waals surface area contributed by atoms with Crippen molar-refractivity contribution in [3.05, 3.63) is 45.2 Å². The summed E-state index contributed by atoms with van der Waals surface area (Å²) in [6, 6.07) is 3.98. The first-order chi connectivity index (χ1) is 10.3. The number of hydrogen-bond acceptors (Lipinski definition) is 4. The average molecular weight is 342 g/mol. The second kappa shape index (κ2) is 6.41. The third-order valence-corrected chi connectivity index (χ3v) is 4.18. The molecule has 0 saturated heterocycles. The van der Waals surface area contributed by atoms with Gasteiger partial charge in [-0.1, -0.05) is 29.0 Å². The molecule has 0 bridgehead atoms. The van der Waals surface area contributed by atoms with Crippen molar-refractivity contribution >= 4 is 39.9 Å². The van der Waals surface area contributed by atoms with Crippen molar-refractivity contribution in [2.45, 2.75) is 6.92 Å². The zero-order valence-corrected chi connectivity index (χ0v) is 13.7. The minimum absolute atomic E-state index is 0.00960. The molecule has 0 atom stereocenters. The molecule has 0 saturated carbocycles. The molecule has 2 amide bonds. The zero-order chi connectivity index (χ0) is 16.4. The van der Waals surface area contributed by atoms with Crippen LogP contribution in [0.5, 0.6) is 0 Å². The summed E-state index contributed by atoms with van der Waals surface area (Å²) in [5.41, 5.74) is 0.246. The molecule has 0 unspecified atom stereocenters. The molecule has 0 spiro atoms. The number of aromatic nitrogens is 1. The van der Waals surface area contributed by atoms with E-state index in [2.05, 4.69) is 10.3 Å². The topological polar surface area (TPSA) is 62.3 Å². The molecule has 8 heteroatoms. The Morgan fingerprint density at radius 3 is 2.64 bits per heavy atom. The molecule has 1 heterocycles. The summed E-state index contributed by atoms with van der Waals surface area (Å²) in [5.74, 6) is -1.64. The quantitative estimate of drug-likeness (QED) is 0.932. The standard InChI is InChI=1S/C14H13ClFN3O2S/c1-7-11(13(21)19(2)3)22-14(17-7)18-12(20)10-8(15)5-4-6-9(10)16/h4-6H,1-3H3,(H,17,18,20). The van der Waals surface area contributed by atoms with E-state index in [0.29, 0.717) is 10.6 Å². The van der Waals surface area contributed by atoms with E-state index in [0.717, 1.165) is 17.4 Å². The molecule has 0 fully saturated rings. The molecule has 116 valence electrons. The molecule has 0 aliphatic heterocycles. The van der Waals surface area contributed by atoms with Gasteiger partial charge in [0.15, 0.2) is 5.13 Å². The molecule has 22 heavy (non-hydrogen) atoms. The van der Waals surface area contributed by atoms with Crippen LogP contribution >= 0.6 is 22.9 Å². The van der Waals surface area contributed by atoms with Crippen LogP contribution in [0.25, 0.3) is 0 Å². The van der Waals surface area contributed by atoms with Gasteiger partial charge in [-0.15, -0.1) is 0 Å². The van der Waals surface area contributed by atoms with Crippen LogP contribution in [0.15, 0.2) is 18.2 Å². The lowest BCUT2D eigenvalue weighted by atomic mass is 10.2. The molecular formula is C14H13ClFN3O2S. The van der Waals surface area contributed by atoms with Crippen molar-refractivity contribution < 1.29 is 14.0 Å². The molecule has 1 aromatic heterocycles.